The summed E-state index contributed by atoms with van der Waals surface area (Å²) in [5.41, 5.74) is -0.562. The third-order valence-corrected chi connectivity index (χ3v) is 3.53. The predicted molar refractivity (Wildman–Crippen MR) is 84.2 cm³/mol. The molecule has 0 spiro atoms. The second-order valence-electron chi connectivity index (χ2n) is 5.36. The number of carboxylic acids is 1. The van der Waals surface area contributed by atoms with Crippen LogP contribution in [0.2, 0.25) is 0 Å². The molecule has 0 saturated heterocycles. The number of aliphatic carboxylic acids is 1. The Bertz CT molecular complexity index is 662. The molecule has 2 rings (SSSR count). The molecular formula is C18H20O4. The molecule has 2 aromatic carbocycles. The van der Waals surface area contributed by atoms with Gasteiger partial charge in [0.25, 0.3) is 0 Å². The molecule has 0 aromatic heterocycles. The lowest BCUT2D eigenvalue weighted by molar-refractivity contribution is -0.157. The second kappa shape index (κ2) is 6.62. The van der Waals surface area contributed by atoms with Gasteiger partial charge in [0, 0.05) is 0 Å². The van der Waals surface area contributed by atoms with Crippen LogP contribution in [0.4, 0.5) is 0 Å². The van der Waals surface area contributed by atoms with E-state index in [1.165, 1.54) is 6.92 Å². The fourth-order valence-electron chi connectivity index (χ4n) is 2.19. The molecule has 0 aliphatic heterocycles. The zero-order valence-electron chi connectivity index (χ0n) is 12.7. The van der Waals surface area contributed by atoms with Crippen LogP contribution in [0.25, 0.3) is 0 Å². The Morgan fingerprint density at radius 1 is 1.18 bits per heavy atom. The normalized spacial score (nSPS) is 13.4. The standard InChI is InChI=1S/C18H20O4/c1-3-7-13-8-4-5-11-16(13)22-15-10-6-9-14(12-15)18(2,21)17(19)20/h4-6,8-12,21H,3,7H2,1-2H3,(H,19,20)/t18-/m1/s1. The van der Waals surface area contributed by atoms with Crippen molar-refractivity contribution in [2.75, 3.05) is 0 Å². The maximum absolute atomic E-state index is 11.1. The Balaban J connectivity index is 2.30. The van der Waals surface area contributed by atoms with Gasteiger partial charge < -0.3 is 14.9 Å². The van der Waals surface area contributed by atoms with Crippen molar-refractivity contribution in [2.45, 2.75) is 32.3 Å². The van der Waals surface area contributed by atoms with Gasteiger partial charge in [-0.1, -0.05) is 43.7 Å². The maximum atomic E-state index is 11.1. The van der Waals surface area contributed by atoms with Crippen LogP contribution in [0.5, 0.6) is 11.5 Å². The van der Waals surface area contributed by atoms with Crippen LogP contribution < -0.4 is 4.74 Å². The lowest BCUT2D eigenvalue weighted by atomic mass is 9.96. The largest absolute Gasteiger partial charge is 0.479 e. The van der Waals surface area contributed by atoms with Crippen molar-refractivity contribution >= 4 is 5.97 Å². The molecule has 0 bridgehead atoms. The monoisotopic (exact) mass is 300 g/mol. The summed E-state index contributed by atoms with van der Waals surface area (Å²) in [7, 11) is 0. The zero-order chi connectivity index (χ0) is 16.2. The molecule has 2 N–H and O–H groups in total. The number of para-hydroxylation sites is 1. The molecule has 0 amide bonds. The smallest absolute Gasteiger partial charge is 0.340 e. The molecule has 0 unspecified atom stereocenters. The van der Waals surface area contributed by atoms with Gasteiger partial charge in [-0.15, -0.1) is 0 Å². The highest BCUT2D eigenvalue weighted by Gasteiger charge is 2.32. The lowest BCUT2D eigenvalue weighted by Crippen LogP contribution is -2.31. The van der Waals surface area contributed by atoms with Crippen molar-refractivity contribution < 1.29 is 19.7 Å². The zero-order valence-corrected chi connectivity index (χ0v) is 12.7. The van der Waals surface area contributed by atoms with E-state index in [0.717, 1.165) is 24.2 Å². The molecule has 4 heteroatoms. The summed E-state index contributed by atoms with van der Waals surface area (Å²) in [5.74, 6) is -0.0462. The third-order valence-electron chi connectivity index (χ3n) is 3.53. The molecule has 0 heterocycles. The van der Waals surface area contributed by atoms with E-state index in [-0.39, 0.29) is 5.56 Å². The average Bonchev–Trinajstić information content (AvgIpc) is 2.49. The number of benzene rings is 2. The summed E-state index contributed by atoms with van der Waals surface area (Å²) >= 11 is 0. The Hall–Kier alpha value is -2.33. The SMILES string of the molecule is CCCc1ccccc1Oc1cccc([C@@](C)(O)C(=O)O)c1. The number of hydrogen-bond donors (Lipinski definition) is 2. The van der Waals surface area contributed by atoms with Gasteiger partial charge in [0.2, 0.25) is 0 Å². The van der Waals surface area contributed by atoms with E-state index in [1.54, 1.807) is 24.3 Å². The van der Waals surface area contributed by atoms with Gasteiger partial charge in [0.15, 0.2) is 5.60 Å². The molecule has 0 aliphatic rings. The minimum atomic E-state index is -1.94. The van der Waals surface area contributed by atoms with Crippen molar-refractivity contribution in [1.29, 1.82) is 0 Å². The maximum Gasteiger partial charge on any atom is 0.340 e. The van der Waals surface area contributed by atoms with Crippen LogP contribution in [0, 0.1) is 0 Å². The molecule has 0 saturated carbocycles. The van der Waals surface area contributed by atoms with Crippen LogP contribution in [0.1, 0.15) is 31.4 Å². The fraction of sp³-hybridized carbons (Fsp3) is 0.278. The average molecular weight is 300 g/mol. The molecule has 0 radical (unpaired) electrons. The number of carboxylic acid groups (broad SMARTS) is 1. The fourth-order valence-corrected chi connectivity index (χ4v) is 2.19. The summed E-state index contributed by atoms with van der Waals surface area (Å²) in [5, 5.41) is 19.1. The minimum absolute atomic E-state index is 0.283. The molecule has 0 fully saturated rings. The topological polar surface area (TPSA) is 66.8 Å². The molecule has 4 nitrogen and oxygen atoms in total. The Morgan fingerprint density at radius 2 is 1.91 bits per heavy atom. The first-order valence-electron chi connectivity index (χ1n) is 7.27. The van der Waals surface area contributed by atoms with Crippen molar-refractivity contribution in [2.24, 2.45) is 0 Å². The van der Waals surface area contributed by atoms with Gasteiger partial charge in [0.1, 0.15) is 11.5 Å². The van der Waals surface area contributed by atoms with Crippen LogP contribution in [-0.2, 0) is 16.8 Å². The molecule has 2 aromatic rings. The molecule has 0 aliphatic carbocycles. The Morgan fingerprint density at radius 3 is 2.59 bits per heavy atom. The van der Waals surface area contributed by atoms with Crippen molar-refractivity contribution in [1.82, 2.24) is 0 Å². The number of carbonyl (C=O) groups is 1. The van der Waals surface area contributed by atoms with Crippen LogP contribution in [0.3, 0.4) is 0 Å². The summed E-state index contributed by atoms with van der Waals surface area (Å²) in [6.45, 7) is 3.35. The minimum Gasteiger partial charge on any atom is -0.479 e. The van der Waals surface area contributed by atoms with Crippen LogP contribution in [0.15, 0.2) is 48.5 Å². The number of aryl methyl sites for hydroxylation is 1. The van der Waals surface area contributed by atoms with Crippen molar-refractivity contribution in [3.8, 4) is 11.5 Å². The number of ether oxygens (including phenoxy) is 1. The van der Waals surface area contributed by atoms with Crippen molar-refractivity contribution in [3.05, 3.63) is 59.7 Å². The Kier molecular flexibility index (Phi) is 4.83. The van der Waals surface area contributed by atoms with E-state index in [1.807, 2.05) is 24.3 Å². The highest BCUT2D eigenvalue weighted by molar-refractivity contribution is 5.78. The van der Waals surface area contributed by atoms with Gasteiger partial charge in [-0.25, -0.2) is 4.79 Å². The van der Waals surface area contributed by atoms with E-state index >= 15 is 0 Å². The summed E-state index contributed by atoms with van der Waals surface area (Å²) in [4.78, 5) is 11.1. The van der Waals surface area contributed by atoms with Gasteiger partial charge in [-0.05, 0) is 42.7 Å². The van der Waals surface area contributed by atoms with Crippen molar-refractivity contribution in [3.63, 3.8) is 0 Å². The first-order chi connectivity index (χ1) is 10.4. The molecular weight excluding hydrogens is 280 g/mol. The van der Waals surface area contributed by atoms with Gasteiger partial charge in [0.05, 0.1) is 0 Å². The van der Waals surface area contributed by atoms with E-state index in [9.17, 15) is 9.90 Å². The van der Waals surface area contributed by atoms with Crippen LogP contribution in [-0.4, -0.2) is 16.2 Å². The second-order valence-corrected chi connectivity index (χ2v) is 5.36. The lowest BCUT2D eigenvalue weighted by Gasteiger charge is -2.19. The first kappa shape index (κ1) is 16.0. The van der Waals surface area contributed by atoms with Gasteiger partial charge in [-0.3, -0.25) is 0 Å². The number of aliphatic hydroxyl groups is 1. The van der Waals surface area contributed by atoms with E-state index < -0.39 is 11.6 Å². The third kappa shape index (κ3) is 3.46. The highest BCUT2D eigenvalue weighted by Crippen LogP contribution is 2.29. The summed E-state index contributed by atoms with van der Waals surface area (Å²) in [6.07, 6.45) is 1.91. The molecule has 116 valence electrons. The highest BCUT2D eigenvalue weighted by atomic mass is 16.5. The summed E-state index contributed by atoms with van der Waals surface area (Å²) in [6, 6.07) is 14.3. The van der Waals surface area contributed by atoms with E-state index in [2.05, 4.69) is 6.92 Å². The van der Waals surface area contributed by atoms with Gasteiger partial charge >= 0.3 is 5.97 Å². The predicted octanol–water partition coefficient (Wildman–Crippen LogP) is 3.72. The van der Waals surface area contributed by atoms with Crippen LogP contribution >= 0.6 is 0 Å². The van der Waals surface area contributed by atoms with E-state index in [4.69, 9.17) is 9.84 Å². The quantitative estimate of drug-likeness (QED) is 0.853. The first-order valence-corrected chi connectivity index (χ1v) is 7.27. The number of rotatable bonds is 6. The molecule has 22 heavy (non-hydrogen) atoms. The number of hydrogen-bond acceptors (Lipinski definition) is 3. The van der Waals surface area contributed by atoms with Gasteiger partial charge in [-0.2, -0.15) is 0 Å². The molecule has 1 atom stereocenters. The summed E-state index contributed by atoms with van der Waals surface area (Å²) < 4.78 is 5.87. The van der Waals surface area contributed by atoms with E-state index in [0.29, 0.717) is 5.75 Å². The Labute approximate surface area is 130 Å².